The maximum Gasteiger partial charge on any atom is 0.330 e. The number of aromatic amines is 1. The highest BCUT2D eigenvalue weighted by molar-refractivity contribution is 5.95. The van der Waals surface area contributed by atoms with Crippen LogP contribution in [0.4, 0.5) is 11.5 Å². The lowest BCUT2D eigenvalue weighted by Crippen LogP contribution is -2.42. The molecule has 1 amide bonds. The van der Waals surface area contributed by atoms with Gasteiger partial charge in [0.15, 0.2) is 11.5 Å². The molecule has 2 aromatic rings. The predicted octanol–water partition coefficient (Wildman–Crippen LogP) is 1.88. The average molecular weight is 421 g/mol. The first-order chi connectivity index (χ1) is 14.3. The van der Waals surface area contributed by atoms with E-state index in [1.165, 1.54) is 9.47 Å². The largest absolute Gasteiger partial charge is 0.383 e. The summed E-state index contributed by atoms with van der Waals surface area (Å²) in [7, 11) is 0. The van der Waals surface area contributed by atoms with Crippen LogP contribution in [0.15, 0.2) is 14.1 Å². The number of nitrogen functional groups attached to an aromatic ring is 1. The van der Waals surface area contributed by atoms with Crippen LogP contribution in [0.1, 0.15) is 65.1 Å². The monoisotopic (exact) mass is 420 g/mol. The Morgan fingerprint density at radius 1 is 1.23 bits per heavy atom. The predicted molar refractivity (Wildman–Crippen MR) is 114 cm³/mol. The highest BCUT2D eigenvalue weighted by Gasteiger charge is 2.24. The first-order valence-electron chi connectivity index (χ1n) is 10.5. The third-order valence-corrected chi connectivity index (χ3v) is 4.60. The number of aromatic nitrogens is 4. The third-order valence-electron chi connectivity index (χ3n) is 4.60. The number of nitrogens with one attached hydrogen (secondary N) is 1. The zero-order valence-corrected chi connectivity index (χ0v) is 18.2. The smallest absolute Gasteiger partial charge is 0.330 e. The molecule has 0 fully saturated rings. The van der Waals surface area contributed by atoms with Gasteiger partial charge in [0.1, 0.15) is 5.82 Å². The van der Waals surface area contributed by atoms with Crippen LogP contribution in [0.5, 0.6) is 0 Å². The van der Waals surface area contributed by atoms with Gasteiger partial charge in [0.2, 0.25) is 11.8 Å². The number of unbranched alkanes of at least 4 members (excludes halogenated alkanes) is 1. The molecule has 0 aliphatic rings. The number of hydrogen-bond donors (Lipinski definition) is 2. The maximum absolute atomic E-state index is 13.0. The molecule has 10 heteroatoms. The minimum absolute atomic E-state index is 0.00456. The number of nitrogens with zero attached hydrogens (tertiary/aromatic N) is 4. The number of H-pyrrole nitrogens is 1. The summed E-state index contributed by atoms with van der Waals surface area (Å²) in [6.07, 6.45) is 3.48. The summed E-state index contributed by atoms with van der Waals surface area (Å²) in [4.78, 5) is 45.7. The maximum atomic E-state index is 13.0. The minimum atomic E-state index is -0.662. The summed E-state index contributed by atoms with van der Waals surface area (Å²) in [5.74, 6) is 0.854. The van der Waals surface area contributed by atoms with Gasteiger partial charge >= 0.3 is 5.69 Å². The van der Waals surface area contributed by atoms with Crippen LogP contribution >= 0.6 is 0 Å². The fraction of sp³-hybridized carbons (Fsp3) is 0.650. The highest BCUT2D eigenvalue weighted by atomic mass is 16.5. The van der Waals surface area contributed by atoms with Gasteiger partial charge in [0, 0.05) is 32.4 Å². The van der Waals surface area contributed by atoms with E-state index in [4.69, 9.17) is 10.3 Å². The van der Waals surface area contributed by atoms with E-state index in [2.05, 4.69) is 15.1 Å². The fourth-order valence-electron chi connectivity index (χ4n) is 3.13. The SMILES string of the molecule is CCCCN(C(=O)CCc1nc(CCC)no1)c1c(N)n(CC(C)C)c(=O)[nH]c1=O. The zero-order valence-electron chi connectivity index (χ0n) is 18.2. The lowest BCUT2D eigenvalue weighted by Gasteiger charge is -2.24. The lowest BCUT2D eigenvalue weighted by atomic mass is 10.2. The normalized spacial score (nSPS) is 11.2. The molecule has 0 aromatic carbocycles. The summed E-state index contributed by atoms with van der Waals surface area (Å²) in [5.41, 5.74) is 4.98. The number of hydrogen-bond acceptors (Lipinski definition) is 7. The van der Waals surface area contributed by atoms with E-state index in [1.807, 2.05) is 27.7 Å². The van der Waals surface area contributed by atoms with E-state index < -0.39 is 11.2 Å². The van der Waals surface area contributed by atoms with Crippen molar-refractivity contribution in [1.29, 1.82) is 0 Å². The molecule has 2 heterocycles. The van der Waals surface area contributed by atoms with Crippen molar-refractivity contribution in [3.05, 3.63) is 32.6 Å². The standard InChI is InChI=1S/C20H32N6O4/c1-5-7-11-25(16(27)10-9-15-22-14(8-6-2)24-30-15)17-18(21)26(12-13(3)4)20(29)23-19(17)28/h13H,5-12,21H2,1-4H3,(H,23,28,29). The second-order valence-corrected chi connectivity index (χ2v) is 7.75. The van der Waals surface area contributed by atoms with Crippen LogP contribution in [0.3, 0.4) is 0 Å². The van der Waals surface area contributed by atoms with Crippen molar-refractivity contribution < 1.29 is 9.32 Å². The molecular formula is C20H32N6O4. The molecule has 30 heavy (non-hydrogen) atoms. The highest BCUT2D eigenvalue weighted by Crippen LogP contribution is 2.20. The molecule has 2 aromatic heterocycles. The molecule has 0 atom stereocenters. The van der Waals surface area contributed by atoms with Crippen LogP contribution in [0.25, 0.3) is 0 Å². The Balaban J connectivity index is 2.30. The van der Waals surface area contributed by atoms with E-state index in [9.17, 15) is 14.4 Å². The quantitative estimate of drug-likeness (QED) is 0.565. The number of anilines is 2. The van der Waals surface area contributed by atoms with Crippen molar-refractivity contribution in [1.82, 2.24) is 19.7 Å². The van der Waals surface area contributed by atoms with Gasteiger partial charge in [-0.25, -0.2) is 4.79 Å². The van der Waals surface area contributed by atoms with E-state index >= 15 is 0 Å². The van der Waals surface area contributed by atoms with E-state index in [0.717, 1.165) is 12.8 Å². The molecule has 0 saturated carbocycles. The Labute approximate surface area is 175 Å². The molecule has 0 bridgehead atoms. The molecule has 0 aliphatic carbocycles. The molecule has 0 radical (unpaired) electrons. The number of rotatable bonds is 11. The van der Waals surface area contributed by atoms with Gasteiger partial charge < -0.3 is 15.2 Å². The molecule has 3 N–H and O–H groups in total. The molecule has 0 saturated heterocycles. The summed E-state index contributed by atoms with van der Waals surface area (Å²) in [6, 6.07) is 0. The summed E-state index contributed by atoms with van der Waals surface area (Å²) >= 11 is 0. The van der Waals surface area contributed by atoms with Crippen molar-refractivity contribution >= 4 is 17.4 Å². The second kappa shape index (κ2) is 10.7. The van der Waals surface area contributed by atoms with Crippen molar-refractivity contribution in [3.63, 3.8) is 0 Å². The van der Waals surface area contributed by atoms with Crippen LogP contribution in [0, 0.1) is 5.92 Å². The number of amides is 1. The molecule has 0 spiro atoms. The molecule has 10 nitrogen and oxygen atoms in total. The van der Waals surface area contributed by atoms with Gasteiger partial charge in [-0.05, 0) is 18.8 Å². The molecule has 0 unspecified atom stereocenters. The third kappa shape index (κ3) is 5.80. The Morgan fingerprint density at radius 3 is 2.60 bits per heavy atom. The van der Waals surface area contributed by atoms with Crippen molar-refractivity contribution in [2.45, 2.75) is 72.8 Å². The van der Waals surface area contributed by atoms with E-state index in [1.54, 1.807) is 0 Å². The molecule has 166 valence electrons. The van der Waals surface area contributed by atoms with Crippen LogP contribution < -0.4 is 21.9 Å². The fourth-order valence-corrected chi connectivity index (χ4v) is 3.13. The minimum Gasteiger partial charge on any atom is -0.383 e. The second-order valence-electron chi connectivity index (χ2n) is 7.75. The Morgan fingerprint density at radius 2 is 1.97 bits per heavy atom. The molecular weight excluding hydrogens is 388 g/mol. The van der Waals surface area contributed by atoms with Crippen LogP contribution in [-0.2, 0) is 24.2 Å². The summed E-state index contributed by atoms with van der Waals surface area (Å²) < 4.78 is 6.50. The molecule has 0 aliphatic heterocycles. The number of nitrogens with two attached hydrogens (primary N) is 1. The Kier molecular flexibility index (Phi) is 8.37. The van der Waals surface area contributed by atoms with Gasteiger partial charge in [-0.2, -0.15) is 4.98 Å². The van der Waals surface area contributed by atoms with E-state index in [0.29, 0.717) is 37.6 Å². The summed E-state index contributed by atoms with van der Waals surface area (Å²) in [6.45, 7) is 8.55. The van der Waals surface area contributed by atoms with Crippen molar-refractivity contribution in [2.75, 3.05) is 17.2 Å². The number of aryl methyl sites for hydroxylation is 2. The topological polar surface area (TPSA) is 140 Å². The Hall–Kier alpha value is -2.91. The van der Waals surface area contributed by atoms with Crippen molar-refractivity contribution in [3.8, 4) is 0 Å². The average Bonchev–Trinajstić information content (AvgIpc) is 3.13. The van der Waals surface area contributed by atoms with Crippen LogP contribution in [-0.4, -0.2) is 32.1 Å². The zero-order chi connectivity index (χ0) is 22.3. The van der Waals surface area contributed by atoms with Gasteiger partial charge in [0.05, 0.1) is 0 Å². The van der Waals surface area contributed by atoms with Gasteiger partial charge in [0.25, 0.3) is 5.56 Å². The van der Waals surface area contributed by atoms with Gasteiger partial charge in [-0.15, -0.1) is 0 Å². The first-order valence-corrected chi connectivity index (χ1v) is 10.5. The summed E-state index contributed by atoms with van der Waals surface area (Å²) in [5, 5.41) is 3.89. The van der Waals surface area contributed by atoms with Gasteiger partial charge in [-0.3, -0.25) is 19.1 Å². The van der Waals surface area contributed by atoms with Crippen molar-refractivity contribution in [2.24, 2.45) is 5.92 Å². The Bertz CT molecular complexity index is 959. The van der Waals surface area contributed by atoms with Crippen LogP contribution in [0.2, 0.25) is 0 Å². The van der Waals surface area contributed by atoms with E-state index in [-0.39, 0.29) is 36.2 Å². The molecule has 2 rings (SSSR count). The van der Waals surface area contributed by atoms with Gasteiger partial charge in [-0.1, -0.05) is 39.3 Å². The number of carbonyl (C=O) groups excluding carboxylic acids is 1. The first kappa shape index (κ1) is 23.4. The lowest BCUT2D eigenvalue weighted by molar-refractivity contribution is -0.118. The number of carbonyl (C=O) groups is 1.